The lowest BCUT2D eigenvalue weighted by Crippen LogP contribution is -2.41. The fraction of sp³-hybridized carbons (Fsp3) is 1.00. The molecule has 0 fully saturated rings. The van der Waals surface area contributed by atoms with Gasteiger partial charge in [-0.05, 0) is 13.3 Å². The molecule has 0 aromatic carbocycles. The van der Waals surface area contributed by atoms with Crippen LogP contribution in [-0.2, 0) is 4.74 Å². The Morgan fingerprint density at radius 2 is 1.67 bits per heavy atom. The lowest BCUT2D eigenvalue weighted by Gasteiger charge is -2.26. The molecule has 15 heavy (non-hydrogen) atoms. The van der Waals surface area contributed by atoms with E-state index >= 15 is 0 Å². The van der Waals surface area contributed by atoms with Crippen molar-refractivity contribution in [3.05, 3.63) is 0 Å². The van der Waals surface area contributed by atoms with Gasteiger partial charge < -0.3 is 31.5 Å². The minimum atomic E-state index is -1.59. The maximum absolute atomic E-state index is 9.48. The molecule has 0 aromatic heterocycles. The number of aliphatic hydroxyl groups excluding tert-OH is 2. The topological polar surface area (TPSA) is 122 Å². The van der Waals surface area contributed by atoms with Gasteiger partial charge >= 0.3 is 0 Å². The molecule has 0 heterocycles. The van der Waals surface area contributed by atoms with E-state index in [1.807, 2.05) is 6.92 Å². The molecular weight excluding hydrogens is 200 g/mol. The molecular formula is C9H22N2O4. The summed E-state index contributed by atoms with van der Waals surface area (Å²) in [5, 5.41) is 26.6. The van der Waals surface area contributed by atoms with Gasteiger partial charge in [-0.25, -0.2) is 0 Å². The Bertz CT molecular complexity index is 166. The number of hydrogen-bond acceptors (Lipinski definition) is 6. The van der Waals surface area contributed by atoms with Crippen LogP contribution in [-0.4, -0.2) is 46.6 Å². The van der Waals surface area contributed by atoms with Crippen molar-refractivity contribution in [2.24, 2.45) is 17.4 Å². The standard InChI is InChI=1S/C9H22N2O4/c1-5(10)3-7(11)6(2)9(14)15-4-8(12)13/h5-9,12-14H,3-4,10-11H2,1-2H3. The Labute approximate surface area is 89.8 Å². The maximum atomic E-state index is 9.48. The molecule has 6 nitrogen and oxygen atoms in total. The minimum absolute atomic E-state index is 0.0434. The lowest BCUT2D eigenvalue weighted by molar-refractivity contribution is -0.185. The second-order valence-electron chi connectivity index (χ2n) is 3.94. The molecule has 0 rings (SSSR count). The van der Waals surface area contributed by atoms with Gasteiger partial charge in [0, 0.05) is 18.0 Å². The van der Waals surface area contributed by atoms with E-state index in [9.17, 15) is 5.11 Å². The van der Waals surface area contributed by atoms with Crippen molar-refractivity contribution >= 4 is 0 Å². The zero-order valence-corrected chi connectivity index (χ0v) is 9.21. The van der Waals surface area contributed by atoms with Crippen molar-refractivity contribution in [2.45, 2.75) is 44.9 Å². The second kappa shape index (κ2) is 7.10. The normalized spacial score (nSPS) is 20.0. The second-order valence-corrected chi connectivity index (χ2v) is 3.94. The van der Waals surface area contributed by atoms with Crippen LogP contribution in [0.2, 0.25) is 0 Å². The van der Waals surface area contributed by atoms with Crippen LogP contribution >= 0.6 is 0 Å². The molecule has 92 valence electrons. The highest BCUT2D eigenvalue weighted by Crippen LogP contribution is 2.12. The van der Waals surface area contributed by atoms with Gasteiger partial charge in [0.1, 0.15) is 6.61 Å². The van der Waals surface area contributed by atoms with Crippen LogP contribution in [0.15, 0.2) is 0 Å². The lowest BCUT2D eigenvalue weighted by atomic mass is 9.96. The number of nitrogens with two attached hydrogens (primary N) is 2. The third-order valence-electron chi connectivity index (χ3n) is 2.19. The average Bonchev–Trinajstić information content (AvgIpc) is 2.11. The zero-order chi connectivity index (χ0) is 12.0. The number of hydrogen-bond donors (Lipinski definition) is 5. The average molecular weight is 222 g/mol. The molecule has 4 atom stereocenters. The van der Waals surface area contributed by atoms with Crippen LogP contribution in [0.5, 0.6) is 0 Å². The van der Waals surface area contributed by atoms with E-state index in [0.29, 0.717) is 6.42 Å². The van der Waals surface area contributed by atoms with E-state index < -0.39 is 12.6 Å². The molecule has 0 aromatic rings. The molecule has 6 heteroatoms. The summed E-state index contributed by atoms with van der Waals surface area (Å²) in [7, 11) is 0. The van der Waals surface area contributed by atoms with E-state index in [2.05, 4.69) is 0 Å². The van der Waals surface area contributed by atoms with Crippen molar-refractivity contribution in [3.63, 3.8) is 0 Å². The zero-order valence-electron chi connectivity index (χ0n) is 9.21. The first kappa shape index (κ1) is 14.8. The molecule has 4 unspecified atom stereocenters. The van der Waals surface area contributed by atoms with E-state index in [1.165, 1.54) is 0 Å². The first-order chi connectivity index (χ1) is 6.84. The minimum Gasteiger partial charge on any atom is -0.368 e. The first-order valence-electron chi connectivity index (χ1n) is 5.01. The van der Waals surface area contributed by atoms with Crippen molar-refractivity contribution in [2.75, 3.05) is 6.61 Å². The third kappa shape index (κ3) is 6.77. The first-order valence-corrected chi connectivity index (χ1v) is 5.01. The van der Waals surface area contributed by atoms with Crippen molar-refractivity contribution in [1.82, 2.24) is 0 Å². The van der Waals surface area contributed by atoms with Crippen molar-refractivity contribution in [1.29, 1.82) is 0 Å². The van der Waals surface area contributed by atoms with Crippen molar-refractivity contribution in [3.8, 4) is 0 Å². The summed E-state index contributed by atoms with van der Waals surface area (Å²) >= 11 is 0. The molecule has 0 saturated carbocycles. The van der Waals surface area contributed by atoms with Gasteiger partial charge in [0.2, 0.25) is 0 Å². The highest BCUT2D eigenvalue weighted by molar-refractivity contribution is 4.74. The van der Waals surface area contributed by atoms with E-state index in [1.54, 1.807) is 6.92 Å². The third-order valence-corrected chi connectivity index (χ3v) is 2.19. The summed E-state index contributed by atoms with van der Waals surface area (Å²) in [5.41, 5.74) is 11.4. The Kier molecular flexibility index (Phi) is 6.99. The molecule has 0 spiro atoms. The predicted molar refractivity (Wildman–Crippen MR) is 55.6 cm³/mol. The smallest absolute Gasteiger partial charge is 0.175 e. The van der Waals surface area contributed by atoms with Gasteiger partial charge in [-0.2, -0.15) is 0 Å². The molecule has 0 aliphatic heterocycles. The van der Waals surface area contributed by atoms with Crippen LogP contribution in [0.3, 0.4) is 0 Å². The summed E-state index contributed by atoms with van der Waals surface area (Å²) in [6.45, 7) is 3.22. The molecule has 0 bridgehead atoms. The van der Waals surface area contributed by atoms with Crippen LogP contribution < -0.4 is 11.5 Å². The van der Waals surface area contributed by atoms with E-state index in [4.69, 9.17) is 26.4 Å². The maximum Gasteiger partial charge on any atom is 0.175 e. The fourth-order valence-electron chi connectivity index (χ4n) is 1.19. The molecule has 0 aliphatic rings. The quantitative estimate of drug-likeness (QED) is 0.328. The van der Waals surface area contributed by atoms with Crippen LogP contribution in [0.1, 0.15) is 20.3 Å². The molecule has 0 radical (unpaired) electrons. The summed E-state index contributed by atoms with van der Waals surface area (Å²) < 4.78 is 4.80. The largest absolute Gasteiger partial charge is 0.368 e. The highest BCUT2D eigenvalue weighted by Gasteiger charge is 2.23. The van der Waals surface area contributed by atoms with Crippen LogP contribution in [0.4, 0.5) is 0 Å². The van der Waals surface area contributed by atoms with Crippen LogP contribution in [0, 0.1) is 5.92 Å². The van der Waals surface area contributed by atoms with Crippen LogP contribution in [0.25, 0.3) is 0 Å². The Balaban J connectivity index is 3.90. The summed E-state index contributed by atoms with van der Waals surface area (Å²) in [6, 6.07) is -0.325. The van der Waals surface area contributed by atoms with Gasteiger partial charge in [0.05, 0.1) is 0 Å². The summed E-state index contributed by atoms with van der Waals surface area (Å²) in [6.07, 6.45) is -2.12. The van der Waals surface area contributed by atoms with Gasteiger partial charge in [0.15, 0.2) is 12.6 Å². The SMILES string of the molecule is CC(N)CC(N)C(C)C(O)OCC(O)O. The Morgan fingerprint density at radius 3 is 2.07 bits per heavy atom. The number of ether oxygens (including phenoxy) is 1. The van der Waals surface area contributed by atoms with Crippen molar-refractivity contribution < 1.29 is 20.1 Å². The fourth-order valence-corrected chi connectivity index (χ4v) is 1.19. The summed E-state index contributed by atoms with van der Waals surface area (Å²) in [5.74, 6) is -0.310. The number of aliphatic hydroxyl groups is 3. The van der Waals surface area contributed by atoms with Gasteiger partial charge in [-0.1, -0.05) is 6.92 Å². The molecule has 7 N–H and O–H groups in total. The monoisotopic (exact) mass is 222 g/mol. The Hall–Kier alpha value is -0.240. The van der Waals surface area contributed by atoms with E-state index in [0.717, 1.165) is 0 Å². The highest BCUT2D eigenvalue weighted by atomic mass is 16.6. The van der Waals surface area contributed by atoms with Gasteiger partial charge in [-0.15, -0.1) is 0 Å². The molecule has 0 aliphatic carbocycles. The molecule has 0 amide bonds. The van der Waals surface area contributed by atoms with Gasteiger partial charge in [-0.3, -0.25) is 0 Å². The van der Waals surface area contributed by atoms with Gasteiger partial charge in [0.25, 0.3) is 0 Å². The Morgan fingerprint density at radius 1 is 1.13 bits per heavy atom. The van der Waals surface area contributed by atoms with E-state index in [-0.39, 0.29) is 24.6 Å². The predicted octanol–water partition coefficient (Wildman–Crippen LogP) is -1.67. The summed E-state index contributed by atoms with van der Waals surface area (Å²) in [4.78, 5) is 0. The number of rotatable bonds is 7. The molecule has 0 saturated heterocycles.